The Balaban J connectivity index is 1.36. The van der Waals surface area contributed by atoms with Gasteiger partial charge in [-0.05, 0) is 12.6 Å². The van der Waals surface area contributed by atoms with Gasteiger partial charge in [-0.1, -0.05) is 6.92 Å². The van der Waals surface area contributed by atoms with E-state index in [2.05, 4.69) is 36.6 Å². The lowest BCUT2D eigenvalue weighted by molar-refractivity contribution is 0.0859. The Morgan fingerprint density at radius 1 is 1.13 bits per heavy atom. The van der Waals surface area contributed by atoms with E-state index in [9.17, 15) is 0 Å². The van der Waals surface area contributed by atoms with Crippen LogP contribution < -0.4 is 4.90 Å². The molecule has 2 fully saturated rings. The van der Waals surface area contributed by atoms with Crippen LogP contribution in [0.15, 0.2) is 23.8 Å². The normalized spacial score (nSPS) is 20.7. The molecule has 0 radical (unpaired) electrons. The quantitative estimate of drug-likeness (QED) is 0.845. The molecule has 23 heavy (non-hydrogen) atoms. The molecule has 6 nitrogen and oxygen atoms in total. The minimum atomic E-state index is 0.673. The zero-order chi connectivity index (χ0) is 15.6. The summed E-state index contributed by atoms with van der Waals surface area (Å²) in [4.78, 5) is 20.8. The van der Waals surface area contributed by atoms with E-state index in [1.807, 2.05) is 17.6 Å². The van der Waals surface area contributed by atoms with Gasteiger partial charge < -0.3 is 9.80 Å². The lowest BCUT2D eigenvalue weighted by Crippen LogP contribution is -2.63. The first-order valence-electron chi connectivity index (χ1n) is 8.27. The Hall–Kier alpha value is -1.57. The minimum absolute atomic E-state index is 0.673. The molecule has 7 heteroatoms. The smallest absolute Gasteiger partial charge is 0.190 e. The Morgan fingerprint density at radius 3 is 2.65 bits per heavy atom. The molecule has 0 saturated carbocycles. The third kappa shape index (κ3) is 3.08. The molecule has 2 saturated heterocycles. The van der Waals surface area contributed by atoms with Gasteiger partial charge in [-0.3, -0.25) is 4.90 Å². The average Bonchev–Trinajstić information content (AvgIpc) is 3.09. The van der Waals surface area contributed by atoms with Crippen LogP contribution in [-0.4, -0.2) is 76.6 Å². The third-order valence-corrected chi connectivity index (χ3v) is 5.59. The monoisotopic (exact) mass is 330 g/mol. The molecule has 0 amide bonds. The van der Waals surface area contributed by atoms with Crippen molar-refractivity contribution < 1.29 is 0 Å². The molecule has 2 aromatic rings. The number of likely N-dealkylation sites (N-methyl/N-ethyl adjacent to an activating group) is 1. The summed E-state index contributed by atoms with van der Waals surface area (Å²) in [7, 11) is 0. The fourth-order valence-electron chi connectivity index (χ4n) is 3.28. The molecule has 2 aliphatic rings. The maximum absolute atomic E-state index is 4.68. The van der Waals surface area contributed by atoms with Crippen LogP contribution in [0.25, 0.3) is 10.8 Å². The molecule has 2 aliphatic heterocycles. The molecule has 4 rings (SSSR count). The van der Waals surface area contributed by atoms with Gasteiger partial charge in [0.15, 0.2) is 10.8 Å². The molecule has 0 bridgehead atoms. The molecular formula is C16H22N6S. The highest BCUT2D eigenvalue weighted by Gasteiger charge is 2.34. The highest BCUT2D eigenvalue weighted by molar-refractivity contribution is 7.12. The first kappa shape index (κ1) is 15.0. The highest BCUT2D eigenvalue weighted by atomic mass is 32.1. The number of anilines is 1. The van der Waals surface area contributed by atoms with E-state index in [0.717, 1.165) is 29.7 Å². The second-order valence-corrected chi connectivity index (χ2v) is 7.00. The van der Waals surface area contributed by atoms with Crippen LogP contribution in [0.3, 0.4) is 0 Å². The predicted molar refractivity (Wildman–Crippen MR) is 92.8 cm³/mol. The van der Waals surface area contributed by atoms with Gasteiger partial charge in [0.05, 0.1) is 0 Å². The van der Waals surface area contributed by atoms with Gasteiger partial charge in [-0.2, -0.15) is 0 Å². The van der Waals surface area contributed by atoms with Gasteiger partial charge in [-0.15, -0.1) is 11.3 Å². The maximum Gasteiger partial charge on any atom is 0.190 e. The molecule has 2 aromatic heterocycles. The summed E-state index contributed by atoms with van der Waals surface area (Å²) >= 11 is 1.58. The van der Waals surface area contributed by atoms with E-state index < -0.39 is 0 Å². The van der Waals surface area contributed by atoms with Gasteiger partial charge in [0, 0.05) is 63.1 Å². The van der Waals surface area contributed by atoms with Crippen LogP contribution in [0.4, 0.5) is 5.82 Å². The number of hydrogen-bond acceptors (Lipinski definition) is 7. The number of thiazole rings is 1. The largest absolute Gasteiger partial charge is 0.353 e. The maximum atomic E-state index is 4.68. The van der Waals surface area contributed by atoms with Crippen molar-refractivity contribution in [3.05, 3.63) is 23.8 Å². The van der Waals surface area contributed by atoms with E-state index >= 15 is 0 Å². The third-order valence-electron chi connectivity index (χ3n) is 4.82. The van der Waals surface area contributed by atoms with Crippen molar-refractivity contribution in [2.24, 2.45) is 0 Å². The first-order chi connectivity index (χ1) is 11.3. The van der Waals surface area contributed by atoms with Crippen LogP contribution in [0, 0.1) is 0 Å². The molecule has 0 aromatic carbocycles. The van der Waals surface area contributed by atoms with Crippen molar-refractivity contribution in [2.75, 3.05) is 50.7 Å². The minimum Gasteiger partial charge on any atom is -0.353 e. The highest BCUT2D eigenvalue weighted by Crippen LogP contribution is 2.25. The van der Waals surface area contributed by atoms with E-state index in [1.165, 1.54) is 32.7 Å². The summed E-state index contributed by atoms with van der Waals surface area (Å²) in [5, 5.41) is 2.85. The van der Waals surface area contributed by atoms with Gasteiger partial charge in [-0.25, -0.2) is 15.0 Å². The molecule has 0 spiro atoms. The number of piperazine rings is 1. The molecule has 0 atom stereocenters. The number of rotatable bonds is 4. The van der Waals surface area contributed by atoms with Crippen molar-refractivity contribution >= 4 is 17.2 Å². The van der Waals surface area contributed by atoms with Crippen LogP contribution >= 0.6 is 11.3 Å². The van der Waals surface area contributed by atoms with Crippen LogP contribution in [0.2, 0.25) is 0 Å². The standard InChI is InChI=1S/C16H22N6S/c1-2-20-6-8-21(9-7-20)13-11-22(12-13)14-3-4-17-15(19-14)16-18-5-10-23-16/h3-5,10,13H,2,6-9,11-12H2,1H3. The zero-order valence-electron chi connectivity index (χ0n) is 13.4. The zero-order valence-corrected chi connectivity index (χ0v) is 14.2. The topological polar surface area (TPSA) is 48.4 Å². The molecule has 0 N–H and O–H groups in total. The molecule has 0 unspecified atom stereocenters. The van der Waals surface area contributed by atoms with Gasteiger partial charge in [0.1, 0.15) is 5.82 Å². The van der Waals surface area contributed by atoms with E-state index in [4.69, 9.17) is 0 Å². The van der Waals surface area contributed by atoms with Crippen molar-refractivity contribution in [3.8, 4) is 10.8 Å². The van der Waals surface area contributed by atoms with E-state index in [1.54, 1.807) is 17.5 Å². The molecular weight excluding hydrogens is 308 g/mol. The van der Waals surface area contributed by atoms with Crippen molar-refractivity contribution in [1.29, 1.82) is 0 Å². The second kappa shape index (κ2) is 6.51. The summed E-state index contributed by atoms with van der Waals surface area (Å²) in [5.74, 6) is 1.76. The summed E-state index contributed by atoms with van der Waals surface area (Å²) in [6.45, 7) is 10.4. The SMILES string of the molecule is CCN1CCN(C2CN(c3ccnc(-c4nccs4)n3)C2)CC1. The van der Waals surface area contributed by atoms with Crippen LogP contribution in [0.1, 0.15) is 6.92 Å². The Bertz CT molecular complexity index is 632. The van der Waals surface area contributed by atoms with Gasteiger partial charge in [0.25, 0.3) is 0 Å². The lowest BCUT2D eigenvalue weighted by Gasteiger charge is -2.48. The van der Waals surface area contributed by atoms with Crippen molar-refractivity contribution in [2.45, 2.75) is 13.0 Å². The summed E-state index contributed by atoms with van der Waals surface area (Å²) in [6, 6.07) is 2.68. The molecule has 4 heterocycles. The summed E-state index contributed by atoms with van der Waals surface area (Å²) < 4.78 is 0. The summed E-state index contributed by atoms with van der Waals surface area (Å²) in [6.07, 6.45) is 3.64. The number of nitrogens with zero attached hydrogens (tertiary/aromatic N) is 6. The van der Waals surface area contributed by atoms with Crippen molar-refractivity contribution in [1.82, 2.24) is 24.8 Å². The fourth-order valence-corrected chi connectivity index (χ4v) is 3.86. The van der Waals surface area contributed by atoms with Gasteiger partial charge in [0.2, 0.25) is 0 Å². The van der Waals surface area contributed by atoms with E-state index in [-0.39, 0.29) is 0 Å². The Labute approximate surface area is 140 Å². The van der Waals surface area contributed by atoms with Crippen LogP contribution in [-0.2, 0) is 0 Å². The number of hydrogen-bond donors (Lipinski definition) is 0. The van der Waals surface area contributed by atoms with Crippen molar-refractivity contribution in [3.63, 3.8) is 0 Å². The van der Waals surface area contributed by atoms with Gasteiger partial charge >= 0.3 is 0 Å². The Kier molecular flexibility index (Phi) is 4.24. The molecule has 122 valence electrons. The summed E-state index contributed by atoms with van der Waals surface area (Å²) in [5.41, 5.74) is 0. The van der Waals surface area contributed by atoms with Crippen LogP contribution in [0.5, 0.6) is 0 Å². The fraction of sp³-hybridized carbons (Fsp3) is 0.562. The number of aromatic nitrogens is 3. The average molecular weight is 330 g/mol. The lowest BCUT2D eigenvalue weighted by atomic mass is 10.1. The van der Waals surface area contributed by atoms with E-state index in [0.29, 0.717) is 6.04 Å². The first-order valence-corrected chi connectivity index (χ1v) is 9.15. The second-order valence-electron chi connectivity index (χ2n) is 6.10. The Morgan fingerprint density at radius 2 is 1.96 bits per heavy atom. The molecule has 0 aliphatic carbocycles. The predicted octanol–water partition coefficient (Wildman–Crippen LogP) is 1.43.